The van der Waals surface area contributed by atoms with Crippen molar-refractivity contribution in [3.63, 3.8) is 0 Å². The Balaban J connectivity index is 1.33. The summed E-state index contributed by atoms with van der Waals surface area (Å²) in [4.78, 5) is 26.9. The van der Waals surface area contributed by atoms with E-state index in [9.17, 15) is 9.59 Å². The average Bonchev–Trinajstić information content (AvgIpc) is 3.25. The summed E-state index contributed by atoms with van der Waals surface area (Å²) in [5, 5.41) is 11.8. The Kier molecular flexibility index (Phi) is 5.81. The number of nitrogens with zero attached hydrogens (tertiary/aromatic N) is 4. The quantitative estimate of drug-likeness (QED) is 0.698. The molecule has 0 aliphatic carbocycles. The molecular formula is C22H22ClN5O2. The number of hydrogen-bond acceptors (Lipinski definition) is 4. The molecule has 0 unspecified atom stereocenters. The van der Waals surface area contributed by atoms with Crippen molar-refractivity contribution in [3.05, 3.63) is 76.6 Å². The number of likely N-dealkylation sites (tertiary alicyclic amines) is 1. The van der Waals surface area contributed by atoms with Gasteiger partial charge in [0.1, 0.15) is 0 Å². The lowest BCUT2D eigenvalue weighted by Crippen LogP contribution is -2.46. The number of piperidine rings is 1. The minimum atomic E-state index is -0.143. The van der Waals surface area contributed by atoms with Gasteiger partial charge in [-0.15, -0.1) is 5.10 Å². The van der Waals surface area contributed by atoms with E-state index >= 15 is 0 Å². The van der Waals surface area contributed by atoms with E-state index < -0.39 is 0 Å². The number of halogens is 1. The van der Waals surface area contributed by atoms with E-state index in [0.29, 0.717) is 42.2 Å². The summed E-state index contributed by atoms with van der Waals surface area (Å²) in [6.07, 6.45) is 3.04. The third kappa shape index (κ3) is 4.52. The number of amides is 2. The SMILES string of the molecule is Cc1ccc(-n2cc(C(=O)N3CCC(NC(=O)c4ccc(Cl)cc4)CC3)nn2)cc1. The van der Waals surface area contributed by atoms with Crippen molar-refractivity contribution in [3.8, 4) is 5.69 Å². The van der Waals surface area contributed by atoms with Crippen molar-refractivity contribution in [1.29, 1.82) is 0 Å². The first-order chi connectivity index (χ1) is 14.5. The highest BCUT2D eigenvalue weighted by molar-refractivity contribution is 6.30. The van der Waals surface area contributed by atoms with Crippen molar-refractivity contribution < 1.29 is 9.59 Å². The van der Waals surface area contributed by atoms with Gasteiger partial charge in [0.25, 0.3) is 11.8 Å². The molecule has 1 fully saturated rings. The third-order valence-corrected chi connectivity index (χ3v) is 5.49. The highest BCUT2D eigenvalue weighted by atomic mass is 35.5. The fourth-order valence-corrected chi connectivity index (χ4v) is 3.57. The van der Waals surface area contributed by atoms with Gasteiger partial charge in [-0.25, -0.2) is 4.68 Å². The van der Waals surface area contributed by atoms with E-state index in [1.54, 1.807) is 40.0 Å². The van der Waals surface area contributed by atoms with Crippen LogP contribution < -0.4 is 5.32 Å². The van der Waals surface area contributed by atoms with E-state index in [1.165, 1.54) is 0 Å². The molecule has 2 aromatic carbocycles. The van der Waals surface area contributed by atoms with Gasteiger partial charge in [-0.1, -0.05) is 34.5 Å². The van der Waals surface area contributed by atoms with E-state index in [4.69, 9.17) is 11.6 Å². The Hall–Kier alpha value is -3.19. The molecule has 1 aliphatic rings. The van der Waals surface area contributed by atoms with Crippen molar-refractivity contribution >= 4 is 23.4 Å². The Morgan fingerprint density at radius 2 is 1.70 bits per heavy atom. The Bertz CT molecular complexity index is 1040. The number of carbonyl (C=O) groups excluding carboxylic acids is 2. The zero-order valence-corrected chi connectivity index (χ0v) is 17.3. The number of aromatic nitrogens is 3. The molecule has 0 bridgehead atoms. The highest BCUT2D eigenvalue weighted by Gasteiger charge is 2.26. The number of nitrogens with one attached hydrogen (secondary N) is 1. The topological polar surface area (TPSA) is 80.1 Å². The Morgan fingerprint density at radius 3 is 2.37 bits per heavy atom. The molecule has 1 aromatic heterocycles. The summed E-state index contributed by atoms with van der Waals surface area (Å²) in [5.41, 5.74) is 2.90. The molecule has 2 amide bonds. The monoisotopic (exact) mass is 423 g/mol. The van der Waals surface area contributed by atoms with Crippen LogP contribution in [-0.4, -0.2) is 50.8 Å². The number of rotatable bonds is 4. The maximum atomic E-state index is 12.8. The van der Waals surface area contributed by atoms with E-state index in [2.05, 4.69) is 15.6 Å². The van der Waals surface area contributed by atoms with Crippen LogP contribution >= 0.6 is 11.6 Å². The maximum Gasteiger partial charge on any atom is 0.276 e. The molecule has 7 nitrogen and oxygen atoms in total. The number of benzene rings is 2. The first-order valence-corrected chi connectivity index (χ1v) is 10.2. The summed E-state index contributed by atoms with van der Waals surface area (Å²) >= 11 is 5.87. The smallest absolute Gasteiger partial charge is 0.276 e. The zero-order valence-electron chi connectivity index (χ0n) is 16.6. The van der Waals surface area contributed by atoms with Crippen LogP contribution in [0.5, 0.6) is 0 Å². The van der Waals surface area contributed by atoms with Gasteiger partial charge in [-0.05, 0) is 56.2 Å². The summed E-state index contributed by atoms with van der Waals surface area (Å²) in [7, 11) is 0. The van der Waals surface area contributed by atoms with Crippen molar-refractivity contribution in [2.75, 3.05) is 13.1 Å². The summed E-state index contributed by atoms with van der Waals surface area (Å²) in [6.45, 7) is 3.13. The molecule has 3 aromatic rings. The summed E-state index contributed by atoms with van der Waals surface area (Å²) in [6, 6.07) is 14.7. The normalized spacial score (nSPS) is 14.5. The lowest BCUT2D eigenvalue weighted by atomic mass is 10.0. The first kappa shape index (κ1) is 20.1. The van der Waals surface area contributed by atoms with Crippen LogP contribution in [0.15, 0.2) is 54.7 Å². The predicted molar refractivity (Wildman–Crippen MR) is 114 cm³/mol. The van der Waals surface area contributed by atoms with Gasteiger partial charge in [0.2, 0.25) is 0 Å². The molecule has 1 aliphatic heterocycles. The zero-order chi connectivity index (χ0) is 21.1. The minimum Gasteiger partial charge on any atom is -0.349 e. The minimum absolute atomic E-state index is 0.0282. The average molecular weight is 424 g/mol. The van der Waals surface area contributed by atoms with Gasteiger partial charge in [-0.3, -0.25) is 9.59 Å². The molecule has 2 heterocycles. The fourth-order valence-electron chi connectivity index (χ4n) is 3.44. The van der Waals surface area contributed by atoms with Crippen LogP contribution in [0.4, 0.5) is 0 Å². The van der Waals surface area contributed by atoms with E-state index in [1.807, 2.05) is 31.2 Å². The fraction of sp³-hybridized carbons (Fsp3) is 0.273. The molecule has 0 saturated carbocycles. The van der Waals surface area contributed by atoms with Crippen LogP contribution in [0, 0.1) is 6.92 Å². The summed E-state index contributed by atoms with van der Waals surface area (Å²) in [5.74, 6) is -0.270. The molecule has 0 spiro atoms. The standard InChI is InChI=1S/C22H22ClN5O2/c1-15-2-8-19(9-3-15)28-14-20(25-26-28)22(30)27-12-10-18(11-13-27)24-21(29)16-4-6-17(23)7-5-16/h2-9,14,18H,10-13H2,1H3,(H,24,29). The third-order valence-electron chi connectivity index (χ3n) is 5.23. The predicted octanol–water partition coefficient (Wildman–Crippen LogP) is 3.26. The van der Waals surface area contributed by atoms with Gasteiger partial charge < -0.3 is 10.2 Å². The van der Waals surface area contributed by atoms with Gasteiger partial charge in [0, 0.05) is 29.7 Å². The van der Waals surface area contributed by atoms with Crippen LogP contribution in [0.3, 0.4) is 0 Å². The molecule has 1 saturated heterocycles. The van der Waals surface area contributed by atoms with Crippen molar-refractivity contribution in [2.24, 2.45) is 0 Å². The molecular weight excluding hydrogens is 402 g/mol. The van der Waals surface area contributed by atoms with Gasteiger partial charge in [0.15, 0.2) is 5.69 Å². The lowest BCUT2D eigenvalue weighted by Gasteiger charge is -2.31. The number of carbonyl (C=O) groups is 2. The van der Waals surface area contributed by atoms with Gasteiger partial charge in [0.05, 0.1) is 11.9 Å². The summed E-state index contributed by atoms with van der Waals surface area (Å²) < 4.78 is 1.60. The van der Waals surface area contributed by atoms with Crippen LogP contribution in [-0.2, 0) is 0 Å². The highest BCUT2D eigenvalue weighted by Crippen LogP contribution is 2.16. The van der Waals surface area contributed by atoms with Gasteiger partial charge >= 0.3 is 0 Å². The second kappa shape index (κ2) is 8.67. The molecule has 1 N–H and O–H groups in total. The number of aryl methyl sites for hydroxylation is 1. The van der Waals surface area contributed by atoms with Crippen LogP contribution in [0.25, 0.3) is 5.69 Å². The second-order valence-corrected chi connectivity index (χ2v) is 7.87. The molecule has 30 heavy (non-hydrogen) atoms. The van der Waals surface area contributed by atoms with E-state index in [-0.39, 0.29) is 17.9 Å². The number of hydrogen-bond donors (Lipinski definition) is 1. The molecule has 8 heteroatoms. The lowest BCUT2D eigenvalue weighted by molar-refractivity contribution is 0.0692. The van der Waals surface area contributed by atoms with Crippen molar-refractivity contribution in [1.82, 2.24) is 25.2 Å². The Labute approximate surface area is 179 Å². The molecule has 4 rings (SSSR count). The van der Waals surface area contributed by atoms with Crippen LogP contribution in [0.1, 0.15) is 39.3 Å². The van der Waals surface area contributed by atoms with Crippen molar-refractivity contribution in [2.45, 2.75) is 25.8 Å². The van der Waals surface area contributed by atoms with Crippen LogP contribution in [0.2, 0.25) is 5.02 Å². The molecule has 0 atom stereocenters. The second-order valence-electron chi connectivity index (χ2n) is 7.43. The largest absolute Gasteiger partial charge is 0.349 e. The van der Waals surface area contributed by atoms with E-state index in [0.717, 1.165) is 11.3 Å². The molecule has 0 radical (unpaired) electrons. The Morgan fingerprint density at radius 1 is 1.03 bits per heavy atom. The maximum absolute atomic E-state index is 12.8. The van der Waals surface area contributed by atoms with Gasteiger partial charge in [-0.2, -0.15) is 0 Å². The molecule has 154 valence electrons. The first-order valence-electron chi connectivity index (χ1n) is 9.85.